The van der Waals surface area contributed by atoms with Crippen molar-refractivity contribution >= 4 is 16.7 Å². The predicted molar refractivity (Wildman–Crippen MR) is 67.1 cm³/mol. The maximum absolute atomic E-state index is 11.4. The lowest BCUT2D eigenvalue weighted by atomic mass is 10.1. The number of nitrogens with zero attached hydrogens (tertiary/aromatic N) is 1. The summed E-state index contributed by atoms with van der Waals surface area (Å²) in [4.78, 5) is 11.4. The molecule has 1 aromatic carbocycles. The molecule has 0 aliphatic carbocycles. The van der Waals surface area contributed by atoms with E-state index in [0.717, 1.165) is 12.1 Å². The zero-order valence-electron chi connectivity index (χ0n) is 10.3. The van der Waals surface area contributed by atoms with E-state index in [-0.39, 0.29) is 5.78 Å². The zero-order chi connectivity index (χ0) is 11.9. The second-order valence-electron chi connectivity index (χ2n) is 4.24. The van der Waals surface area contributed by atoms with E-state index in [2.05, 4.69) is 31.4 Å². The fraction of sp³-hybridized carbons (Fsp3) is 0.357. The van der Waals surface area contributed by atoms with Crippen molar-refractivity contribution in [2.75, 3.05) is 0 Å². The average molecular weight is 215 g/mol. The maximum Gasteiger partial charge on any atom is 0.159 e. The topological polar surface area (TPSA) is 22.0 Å². The number of hydrogen-bond donors (Lipinski definition) is 0. The van der Waals surface area contributed by atoms with Crippen LogP contribution in [0.5, 0.6) is 0 Å². The van der Waals surface area contributed by atoms with E-state index >= 15 is 0 Å². The van der Waals surface area contributed by atoms with E-state index in [0.29, 0.717) is 0 Å². The van der Waals surface area contributed by atoms with E-state index in [9.17, 15) is 4.79 Å². The van der Waals surface area contributed by atoms with Crippen LogP contribution in [0.1, 0.15) is 35.5 Å². The van der Waals surface area contributed by atoms with Gasteiger partial charge in [-0.2, -0.15) is 0 Å². The van der Waals surface area contributed by atoms with E-state index in [1.807, 2.05) is 12.1 Å². The van der Waals surface area contributed by atoms with E-state index in [1.165, 1.54) is 22.2 Å². The molecule has 0 radical (unpaired) electrons. The molecular formula is C14H17NO. The number of aromatic nitrogens is 1. The monoisotopic (exact) mass is 215 g/mol. The third-order valence-electron chi connectivity index (χ3n) is 3.36. The van der Waals surface area contributed by atoms with Gasteiger partial charge in [0.15, 0.2) is 5.78 Å². The number of benzene rings is 1. The number of Topliss-reactive ketones (excluding diaryl/α,β-unsaturated/α-hetero) is 1. The van der Waals surface area contributed by atoms with Crippen LogP contribution in [0.2, 0.25) is 0 Å². The molecule has 0 aliphatic rings. The molecule has 16 heavy (non-hydrogen) atoms. The Hall–Kier alpha value is -1.57. The minimum absolute atomic E-state index is 0.126. The van der Waals surface area contributed by atoms with Gasteiger partial charge in [-0.15, -0.1) is 0 Å². The molecule has 0 unspecified atom stereocenters. The molecular weight excluding hydrogens is 198 g/mol. The molecule has 0 fully saturated rings. The second-order valence-corrected chi connectivity index (χ2v) is 4.24. The van der Waals surface area contributed by atoms with Crippen molar-refractivity contribution in [2.45, 2.75) is 34.2 Å². The summed E-state index contributed by atoms with van der Waals surface area (Å²) in [5.41, 5.74) is 4.56. The number of aryl methyl sites for hydroxylation is 2. The standard InChI is InChI=1S/C14H17NO/c1-5-15-10(3)9(2)13-7-6-12(11(4)16)8-14(13)15/h6-8H,5H2,1-4H3. The van der Waals surface area contributed by atoms with Gasteiger partial charge in [-0.05, 0) is 39.3 Å². The van der Waals surface area contributed by atoms with Crippen LogP contribution in [0.15, 0.2) is 18.2 Å². The molecule has 1 heterocycles. The first-order valence-electron chi connectivity index (χ1n) is 5.66. The second kappa shape index (κ2) is 3.78. The summed E-state index contributed by atoms with van der Waals surface area (Å²) in [5.74, 6) is 0.126. The first kappa shape index (κ1) is 10.9. The van der Waals surface area contributed by atoms with Crippen LogP contribution in [-0.2, 0) is 6.54 Å². The van der Waals surface area contributed by atoms with Gasteiger partial charge in [-0.1, -0.05) is 12.1 Å². The van der Waals surface area contributed by atoms with Crippen molar-refractivity contribution in [1.29, 1.82) is 0 Å². The van der Waals surface area contributed by atoms with Crippen molar-refractivity contribution in [3.8, 4) is 0 Å². The zero-order valence-corrected chi connectivity index (χ0v) is 10.3. The van der Waals surface area contributed by atoms with Gasteiger partial charge in [0.05, 0.1) is 0 Å². The molecule has 2 heteroatoms. The van der Waals surface area contributed by atoms with Crippen LogP contribution in [0.3, 0.4) is 0 Å². The molecule has 0 N–H and O–H groups in total. The van der Waals surface area contributed by atoms with Gasteiger partial charge in [0.2, 0.25) is 0 Å². The van der Waals surface area contributed by atoms with Crippen LogP contribution in [0.25, 0.3) is 10.9 Å². The molecule has 0 saturated heterocycles. The predicted octanol–water partition coefficient (Wildman–Crippen LogP) is 3.48. The molecule has 0 aliphatic heterocycles. The average Bonchev–Trinajstić information content (AvgIpc) is 2.51. The largest absolute Gasteiger partial charge is 0.345 e. The Morgan fingerprint density at radius 3 is 2.56 bits per heavy atom. The molecule has 0 saturated carbocycles. The molecule has 1 aromatic heterocycles. The number of rotatable bonds is 2. The van der Waals surface area contributed by atoms with Crippen LogP contribution < -0.4 is 0 Å². The summed E-state index contributed by atoms with van der Waals surface area (Å²) in [7, 11) is 0. The summed E-state index contributed by atoms with van der Waals surface area (Å²) in [6.07, 6.45) is 0. The SMILES string of the molecule is CCn1c(C)c(C)c2ccc(C(C)=O)cc21. The quantitative estimate of drug-likeness (QED) is 0.703. The van der Waals surface area contributed by atoms with Crippen LogP contribution >= 0.6 is 0 Å². The molecule has 0 amide bonds. The van der Waals surface area contributed by atoms with Gasteiger partial charge in [-0.3, -0.25) is 4.79 Å². The summed E-state index contributed by atoms with van der Waals surface area (Å²) >= 11 is 0. The normalized spacial score (nSPS) is 11.0. The third kappa shape index (κ3) is 1.45. The van der Waals surface area contributed by atoms with Crippen LogP contribution in [-0.4, -0.2) is 10.4 Å². The highest BCUT2D eigenvalue weighted by Gasteiger charge is 2.11. The van der Waals surface area contributed by atoms with Crippen molar-refractivity contribution in [3.05, 3.63) is 35.0 Å². The summed E-state index contributed by atoms with van der Waals surface area (Å²) in [5, 5.41) is 1.25. The molecule has 2 nitrogen and oxygen atoms in total. The van der Waals surface area contributed by atoms with Gasteiger partial charge < -0.3 is 4.57 Å². The number of ketones is 1. The van der Waals surface area contributed by atoms with Gasteiger partial charge >= 0.3 is 0 Å². The Bertz CT molecular complexity index is 564. The minimum atomic E-state index is 0.126. The van der Waals surface area contributed by atoms with Gasteiger partial charge in [0.25, 0.3) is 0 Å². The number of carbonyl (C=O) groups excluding carboxylic acids is 1. The third-order valence-corrected chi connectivity index (χ3v) is 3.36. The van der Waals surface area contributed by atoms with Crippen LogP contribution in [0.4, 0.5) is 0 Å². The van der Waals surface area contributed by atoms with E-state index < -0.39 is 0 Å². The molecule has 0 atom stereocenters. The lowest BCUT2D eigenvalue weighted by Crippen LogP contribution is -1.98. The van der Waals surface area contributed by atoms with Crippen molar-refractivity contribution in [1.82, 2.24) is 4.57 Å². The Morgan fingerprint density at radius 2 is 2.00 bits per heavy atom. The Kier molecular flexibility index (Phi) is 2.58. The van der Waals surface area contributed by atoms with Gasteiger partial charge in [0, 0.05) is 28.7 Å². The number of carbonyl (C=O) groups is 1. The maximum atomic E-state index is 11.4. The van der Waals surface area contributed by atoms with Crippen molar-refractivity contribution in [3.63, 3.8) is 0 Å². The van der Waals surface area contributed by atoms with Crippen molar-refractivity contribution in [2.24, 2.45) is 0 Å². The van der Waals surface area contributed by atoms with E-state index in [4.69, 9.17) is 0 Å². The summed E-state index contributed by atoms with van der Waals surface area (Å²) < 4.78 is 2.26. The summed E-state index contributed by atoms with van der Waals surface area (Å²) in [6.45, 7) is 8.95. The van der Waals surface area contributed by atoms with Crippen molar-refractivity contribution < 1.29 is 4.79 Å². The van der Waals surface area contributed by atoms with Crippen LogP contribution in [0, 0.1) is 13.8 Å². The van der Waals surface area contributed by atoms with Gasteiger partial charge in [0.1, 0.15) is 0 Å². The lowest BCUT2D eigenvalue weighted by molar-refractivity contribution is 0.101. The number of hydrogen-bond acceptors (Lipinski definition) is 1. The Balaban J connectivity index is 2.81. The molecule has 84 valence electrons. The van der Waals surface area contributed by atoms with Gasteiger partial charge in [-0.25, -0.2) is 0 Å². The minimum Gasteiger partial charge on any atom is -0.345 e. The molecule has 2 rings (SSSR count). The van der Waals surface area contributed by atoms with E-state index in [1.54, 1.807) is 6.92 Å². The molecule has 0 spiro atoms. The Labute approximate surface area is 95.9 Å². The lowest BCUT2D eigenvalue weighted by Gasteiger charge is -2.04. The first-order chi connectivity index (χ1) is 7.56. The smallest absolute Gasteiger partial charge is 0.159 e. The fourth-order valence-electron chi connectivity index (χ4n) is 2.28. The highest BCUT2D eigenvalue weighted by Crippen LogP contribution is 2.26. The first-order valence-corrected chi connectivity index (χ1v) is 5.66. The fourth-order valence-corrected chi connectivity index (χ4v) is 2.28. The summed E-state index contributed by atoms with van der Waals surface area (Å²) in [6, 6.07) is 5.97. The Morgan fingerprint density at radius 1 is 1.31 bits per heavy atom. The highest BCUT2D eigenvalue weighted by molar-refractivity contribution is 5.98. The molecule has 2 aromatic rings. The number of fused-ring (bicyclic) bond motifs is 1. The highest BCUT2D eigenvalue weighted by atomic mass is 16.1. The molecule has 0 bridgehead atoms.